The van der Waals surface area contributed by atoms with Gasteiger partial charge in [0.05, 0.1) is 11.5 Å². The zero-order chi connectivity index (χ0) is 25.0. The van der Waals surface area contributed by atoms with Crippen molar-refractivity contribution >= 4 is 23.2 Å². The maximum absolute atomic E-state index is 13.8. The Balaban J connectivity index is 1.33. The fourth-order valence-electron chi connectivity index (χ4n) is 4.81. The molecule has 7 heteroatoms. The summed E-state index contributed by atoms with van der Waals surface area (Å²) in [5, 5.41) is 5.82. The maximum atomic E-state index is 13.8. The van der Waals surface area contributed by atoms with E-state index in [-0.39, 0.29) is 17.9 Å². The van der Waals surface area contributed by atoms with E-state index in [2.05, 4.69) is 15.3 Å². The number of pyridine rings is 1. The van der Waals surface area contributed by atoms with Crippen molar-refractivity contribution in [1.82, 2.24) is 20.2 Å². The second kappa shape index (κ2) is 10.4. The molecule has 2 amide bonds. The van der Waals surface area contributed by atoms with Crippen molar-refractivity contribution in [2.75, 3.05) is 13.1 Å². The molecule has 1 saturated heterocycles. The molecule has 4 aromatic rings. The molecular formula is C29H28N4O2S. The van der Waals surface area contributed by atoms with Crippen molar-refractivity contribution < 1.29 is 9.59 Å². The van der Waals surface area contributed by atoms with E-state index in [1.165, 1.54) is 11.3 Å². The van der Waals surface area contributed by atoms with Crippen LogP contribution in [0.25, 0.3) is 10.6 Å². The summed E-state index contributed by atoms with van der Waals surface area (Å²) >= 11 is 1.44. The van der Waals surface area contributed by atoms with Crippen LogP contribution in [0.2, 0.25) is 0 Å². The number of benzene rings is 2. The quantitative estimate of drug-likeness (QED) is 0.395. The molecule has 0 saturated carbocycles. The first kappa shape index (κ1) is 23.9. The minimum absolute atomic E-state index is 0.00433. The van der Waals surface area contributed by atoms with Gasteiger partial charge in [0.15, 0.2) is 0 Å². The molecule has 0 bridgehead atoms. The highest BCUT2D eigenvalue weighted by Gasteiger charge is 2.44. The van der Waals surface area contributed by atoms with Crippen LogP contribution in [0.5, 0.6) is 0 Å². The number of nitrogens with zero attached hydrogens (tertiary/aromatic N) is 3. The number of nitrogens with one attached hydrogen (secondary N) is 1. The molecule has 1 N–H and O–H groups in total. The van der Waals surface area contributed by atoms with E-state index >= 15 is 0 Å². The van der Waals surface area contributed by atoms with E-state index in [9.17, 15) is 9.59 Å². The van der Waals surface area contributed by atoms with Crippen molar-refractivity contribution in [3.05, 3.63) is 107 Å². The Hall–Kier alpha value is -3.84. The largest absolute Gasteiger partial charge is 0.349 e. The molecule has 0 spiro atoms. The second-order valence-electron chi connectivity index (χ2n) is 9.13. The third kappa shape index (κ3) is 4.79. The average Bonchev–Trinajstić information content (AvgIpc) is 3.44. The Morgan fingerprint density at radius 3 is 2.33 bits per heavy atom. The Kier molecular flexibility index (Phi) is 6.91. The van der Waals surface area contributed by atoms with Gasteiger partial charge in [-0.3, -0.25) is 14.6 Å². The van der Waals surface area contributed by atoms with Gasteiger partial charge in [-0.15, -0.1) is 11.3 Å². The molecule has 182 valence electrons. The van der Waals surface area contributed by atoms with Crippen molar-refractivity contribution in [3.63, 3.8) is 0 Å². The van der Waals surface area contributed by atoms with Gasteiger partial charge in [-0.1, -0.05) is 60.7 Å². The summed E-state index contributed by atoms with van der Waals surface area (Å²) in [4.78, 5) is 37.6. The Morgan fingerprint density at radius 2 is 1.67 bits per heavy atom. The van der Waals surface area contributed by atoms with Crippen LogP contribution >= 0.6 is 11.3 Å². The fraction of sp³-hybridized carbons (Fsp3) is 0.241. The highest BCUT2D eigenvalue weighted by molar-refractivity contribution is 7.13. The Bertz CT molecular complexity index is 1320. The summed E-state index contributed by atoms with van der Waals surface area (Å²) in [6.45, 7) is 2.98. The molecule has 2 aromatic heterocycles. The third-order valence-electron chi connectivity index (χ3n) is 6.94. The van der Waals surface area contributed by atoms with Crippen LogP contribution < -0.4 is 5.32 Å². The first-order valence-corrected chi connectivity index (χ1v) is 13.0. The number of carbonyl (C=O) groups is 2. The molecule has 1 aliphatic rings. The molecular weight excluding hydrogens is 468 g/mol. The SMILES string of the molecule is C[C@H](NC(=O)C1(c2ccccc2)CCN(C(=O)c2csc(-c3cccnc3)n2)CC1)c1ccccc1. The molecule has 5 rings (SSSR count). The Morgan fingerprint density at radius 1 is 0.972 bits per heavy atom. The molecule has 0 aliphatic carbocycles. The van der Waals surface area contributed by atoms with Crippen molar-refractivity contribution in [1.29, 1.82) is 0 Å². The molecule has 1 atom stereocenters. The van der Waals surface area contributed by atoms with Gasteiger partial charge in [0.1, 0.15) is 10.7 Å². The van der Waals surface area contributed by atoms with Crippen LogP contribution in [-0.4, -0.2) is 39.8 Å². The number of likely N-dealkylation sites (tertiary alicyclic amines) is 1. The van der Waals surface area contributed by atoms with Crippen LogP contribution in [0.4, 0.5) is 0 Å². The molecule has 6 nitrogen and oxygen atoms in total. The second-order valence-corrected chi connectivity index (χ2v) is 9.98. The molecule has 36 heavy (non-hydrogen) atoms. The smallest absolute Gasteiger partial charge is 0.273 e. The number of thiazole rings is 1. The van der Waals surface area contributed by atoms with Gasteiger partial charge in [-0.25, -0.2) is 4.98 Å². The molecule has 2 aromatic carbocycles. The van der Waals surface area contributed by atoms with Crippen LogP contribution in [0, 0.1) is 0 Å². The van der Waals surface area contributed by atoms with Crippen molar-refractivity contribution in [2.24, 2.45) is 0 Å². The van der Waals surface area contributed by atoms with Crippen LogP contribution in [0.3, 0.4) is 0 Å². The van der Waals surface area contributed by atoms with Gasteiger partial charge >= 0.3 is 0 Å². The summed E-state index contributed by atoms with van der Waals surface area (Å²) < 4.78 is 0. The van der Waals surface area contributed by atoms with E-state index < -0.39 is 5.41 Å². The Labute approximate surface area is 215 Å². The van der Waals surface area contributed by atoms with E-state index in [0.29, 0.717) is 31.6 Å². The lowest BCUT2D eigenvalue weighted by molar-refractivity contribution is -0.129. The van der Waals surface area contributed by atoms with Gasteiger partial charge in [0.2, 0.25) is 5.91 Å². The molecule has 3 heterocycles. The minimum atomic E-state index is -0.690. The van der Waals surface area contributed by atoms with E-state index in [0.717, 1.165) is 21.7 Å². The molecule has 1 aliphatic heterocycles. The van der Waals surface area contributed by atoms with Crippen LogP contribution in [0.1, 0.15) is 47.4 Å². The van der Waals surface area contributed by atoms with E-state index in [1.807, 2.05) is 84.6 Å². The summed E-state index contributed by atoms with van der Waals surface area (Å²) in [6, 6.07) is 23.6. The van der Waals surface area contributed by atoms with E-state index in [4.69, 9.17) is 0 Å². The first-order valence-electron chi connectivity index (χ1n) is 12.1. The molecule has 0 radical (unpaired) electrons. The third-order valence-corrected chi connectivity index (χ3v) is 7.84. The lowest BCUT2D eigenvalue weighted by atomic mass is 9.71. The van der Waals surface area contributed by atoms with Gasteiger partial charge in [0.25, 0.3) is 5.91 Å². The number of piperidine rings is 1. The highest BCUT2D eigenvalue weighted by atomic mass is 32.1. The van der Waals surface area contributed by atoms with Crippen molar-refractivity contribution in [2.45, 2.75) is 31.2 Å². The van der Waals surface area contributed by atoms with E-state index in [1.54, 1.807) is 17.8 Å². The highest BCUT2D eigenvalue weighted by Crippen LogP contribution is 2.37. The van der Waals surface area contributed by atoms with Gasteiger partial charge in [-0.05, 0) is 43.0 Å². The normalized spacial score (nSPS) is 15.8. The summed E-state index contributed by atoms with van der Waals surface area (Å²) in [7, 11) is 0. The number of carbonyl (C=O) groups excluding carboxylic acids is 2. The zero-order valence-electron chi connectivity index (χ0n) is 20.1. The van der Waals surface area contributed by atoms with Gasteiger partial charge < -0.3 is 10.2 Å². The first-order chi connectivity index (χ1) is 17.6. The number of hydrogen-bond acceptors (Lipinski definition) is 5. The van der Waals surface area contributed by atoms with Crippen LogP contribution in [0.15, 0.2) is 90.6 Å². The summed E-state index contributed by atoms with van der Waals surface area (Å²) in [5.41, 5.74) is 2.70. The lowest BCUT2D eigenvalue weighted by Crippen LogP contribution is -2.53. The predicted molar refractivity (Wildman–Crippen MR) is 142 cm³/mol. The monoisotopic (exact) mass is 496 g/mol. The van der Waals surface area contributed by atoms with Gasteiger partial charge in [-0.2, -0.15) is 0 Å². The number of aromatic nitrogens is 2. The molecule has 1 fully saturated rings. The lowest BCUT2D eigenvalue weighted by Gasteiger charge is -2.41. The van der Waals surface area contributed by atoms with Crippen molar-refractivity contribution in [3.8, 4) is 10.6 Å². The fourth-order valence-corrected chi connectivity index (χ4v) is 5.60. The standard InChI is InChI=1S/C29H28N4O2S/c1-21(22-9-4-2-5-10-22)31-28(35)29(24-12-6-3-7-13-24)14-17-33(18-15-29)27(34)25-20-36-26(32-25)23-11-8-16-30-19-23/h2-13,16,19-21H,14-15,17-18H2,1H3,(H,31,35)/t21-/m0/s1. The van der Waals surface area contributed by atoms with Crippen LogP contribution in [-0.2, 0) is 10.2 Å². The maximum Gasteiger partial charge on any atom is 0.273 e. The number of amides is 2. The average molecular weight is 497 g/mol. The molecule has 0 unspecified atom stereocenters. The summed E-state index contributed by atoms with van der Waals surface area (Å²) in [6.07, 6.45) is 4.56. The summed E-state index contributed by atoms with van der Waals surface area (Å²) in [5.74, 6) is -0.0919. The zero-order valence-corrected chi connectivity index (χ0v) is 20.9. The predicted octanol–water partition coefficient (Wildman–Crippen LogP) is 5.26. The topological polar surface area (TPSA) is 75.2 Å². The minimum Gasteiger partial charge on any atom is -0.349 e. The number of rotatable bonds is 6. The van der Waals surface area contributed by atoms with Gasteiger partial charge in [0, 0.05) is 36.4 Å². The number of hydrogen-bond donors (Lipinski definition) is 1.